The number of fused-ring (bicyclic) bond motifs is 1. The third-order valence-corrected chi connectivity index (χ3v) is 5.93. The number of ether oxygens (including phenoxy) is 1. The minimum atomic E-state index is 0.499. The summed E-state index contributed by atoms with van der Waals surface area (Å²) in [5, 5.41) is 12.6. The lowest BCUT2D eigenvalue weighted by molar-refractivity contribution is 0.304. The van der Waals surface area contributed by atoms with Crippen LogP contribution >= 0.6 is 34.2 Å². The van der Waals surface area contributed by atoms with Gasteiger partial charge in [-0.05, 0) is 74.8 Å². The van der Waals surface area contributed by atoms with E-state index in [4.69, 9.17) is 16.3 Å². The SMILES string of the molecule is N#CC(=Cc1ccc(OCc2ccc3ccccc3c2)c(I)c1)c1ccccc1Cl. The van der Waals surface area contributed by atoms with Gasteiger partial charge in [0.25, 0.3) is 0 Å². The van der Waals surface area contributed by atoms with Crippen molar-refractivity contribution >= 4 is 56.6 Å². The number of hydrogen-bond donors (Lipinski definition) is 0. The molecule has 0 radical (unpaired) electrons. The van der Waals surface area contributed by atoms with Crippen molar-refractivity contribution in [1.29, 1.82) is 5.26 Å². The predicted molar refractivity (Wildman–Crippen MR) is 132 cm³/mol. The first-order valence-corrected chi connectivity index (χ1v) is 10.9. The summed E-state index contributed by atoms with van der Waals surface area (Å²) in [6.45, 7) is 0.499. The van der Waals surface area contributed by atoms with Gasteiger partial charge in [-0.15, -0.1) is 0 Å². The Morgan fingerprint density at radius 2 is 1.70 bits per heavy atom. The molecular formula is C26H17ClINO. The van der Waals surface area contributed by atoms with E-state index in [-0.39, 0.29) is 0 Å². The van der Waals surface area contributed by atoms with Crippen LogP contribution in [-0.4, -0.2) is 0 Å². The molecule has 0 heterocycles. The minimum Gasteiger partial charge on any atom is -0.488 e. The van der Waals surface area contributed by atoms with E-state index < -0.39 is 0 Å². The van der Waals surface area contributed by atoms with E-state index >= 15 is 0 Å². The molecule has 0 aliphatic carbocycles. The van der Waals surface area contributed by atoms with Crippen LogP contribution in [0.1, 0.15) is 16.7 Å². The molecule has 30 heavy (non-hydrogen) atoms. The Kier molecular flexibility index (Phi) is 6.37. The van der Waals surface area contributed by atoms with E-state index in [0.717, 1.165) is 26.0 Å². The molecule has 0 atom stereocenters. The number of nitriles is 1. The first-order valence-electron chi connectivity index (χ1n) is 9.41. The number of benzene rings is 4. The molecule has 0 aliphatic heterocycles. The monoisotopic (exact) mass is 521 g/mol. The second kappa shape index (κ2) is 9.34. The van der Waals surface area contributed by atoms with Gasteiger partial charge in [0.2, 0.25) is 0 Å². The normalized spacial score (nSPS) is 11.3. The first kappa shape index (κ1) is 20.5. The van der Waals surface area contributed by atoms with E-state index in [9.17, 15) is 5.26 Å². The molecule has 4 rings (SSSR count). The zero-order chi connectivity index (χ0) is 20.9. The first-order chi connectivity index (χ1) is 14.6. The van der Waals surface area contributed by atoms with Gasteiger partial charge < -0.3 is 4.74 Å². The molecule has 4 aromatic carbocycles. The molecule has 4 heteroatoms. The van der Waals surface area contributed by atoms with E-state index in [1.807, 2.05) is 54.6 Å². The number of halogens is 2. The quantitative estimate of drug-likeness (QED) is 0.153. The largest absolute Gasteiger partial charge is 0.488 e. The zero-order valence-corrected chi connectivity index (χ0v) is 18.9. The van der Waals surface area contributed by atoms with Crippen molar-refractivity contribution in [3.8, 4) is 11.8 Å². The maximum absolute atomic E-state index is 9.57. The number of nitrogens with zero attached hydrogens (tertiary/aromatic N) is 1. The van der Waals surface area contributed by atoms with Crippen LogP contribution in [0.5, 0.6) is 5.75 Å². The smallest absolute Gasteiger partial charge is 0.133 e. The fourth-order valence-electron chi connectivity index (χ4n) is 3.23. The Morgan fingerprint density at radius 3 is 2.47 bits per heavy atom. The van der Waals surface area contributed by atoms with Gasteiger partial charge in [0.15, 0.2) is 0 Å². The van der Waals surface area contributed by atoms with Crippen LogP contribution in [0.2, 0.25) is 5.02 Å². The lowest BCUT2D eigenvalue weighted by Gasteiger charge is -2.10. The van der Waals surface area contributed by atoms with Gasteiger partial charge in [0.1, 0.15) is 12.4 Å². The Morgan fingerprint density at radius 1 is 0.933 bits per heavy atom. The standard InChI is InChI=1S/C26H17ClINO/c27-24-8-4-3-7-23(24)22(16-29)13-18-10-12-26(25(28)15-18)30-17-19-9-11-20-5-1-2-6-21(20)14-19/h1-15H,17H2. The fourth-order valence-corrected chi connectivity index (χ4v) is 4.16. The van der Waals surface area contributed by atoms with Gasteiger partial charge in [0.05, 0.1) is 15.2 Å². The Labute approximate surface area is 194 Å². The summed E-state index contributed by atoms with van der Waals surface area (Å²) in [5.41, 5.74) is 3.31. The van der Waals surface area contributed by atoms with Crippen molar-refractivity contribution in [2.75, 3.05) is 0 Å². The van der Waals surface area contributed by atoms with Crippen molar-refractivity contribution in [3.05, 3.63) is 110 Å². The molecule has 4 aromatic rings. The van der Waals surface area contributed by atoms with Crippen LogP contribution in [0, 0.1) is 14.9 Å². The van der Waals surface area contributed by atoms with Crippen LogP contribution in [0.25, 0.3) is 22.4 Å². The Balaban J connectivity index is 1.52. The molecule has 0 saturated heterocycles. The Hall–Kier alpha value is -2.81. The van der Waals surface area contributed by atoms with Crippen LogP contribution in [0.3, 0.4) is 0 Å². The zero-order valence-electron chi connectivity index (χ0n) is 16.0. The maximum Gasteiger partial charge on any atom is 0.133 e. The van der Waals surface area contributed by atoms with Gasteiger partial charge >= 0.3 is 0 Å². The van der Waals surface area contributed by atoms with Gasteiger partial charge in [-0.3, -0.25) is 0 Å². The molecule has 0 spiro atoms. The second-order valence-electron chi connectivity index (χ2n) is 6.81. The minimum absolute atomic E-state index is 0.499. The van der Waals surface area contributed by atoms with Crippen molar-refractivity contribution < 1.29 is 4.74 Å². The average molecular weight is 522 g/mol. The van der Waals surface area contributed by atoms with Crippen LogP contribution in [0.4, 0.5) is 0 Å². The van der Waals surface area contributed by atoms with E-state index in [1.165, 1.54) is 10.8 Å². The van der Waals surface area contributed by atoms with E-state index in [0.29, 0.717) is 17.2 Å². The topological polar surface area (TPSA) is 33.0 Å². The summed E-state index contributed by atoms with van der Waals surface area (Å²) in [5.74, 6) is 0.817. The molecule has 0 amide bonds. The molecule has 0 N–H and O–H groups in total. The van der Waals surface area contributed by atoms with Crippen molar-refractivity contribution in [2.24, 2.45) is 0 Å². The summed E-state index contributed by atoms with van der Waals surface area (Å²) in [7, 11) is 0. The third kappa shape index (κ3) is 4.67. The van der Waals surface area contributed by atoms with Crippen LogP contribution < -0.4 is 4.74 Å². The predicted octanol–water partition coefficient (Wildman–Crippen LogP) is 7.74. The van der Waals surface area contributed by atoms with E-state index in [2.05, 4.69) is 59.0 Å². The average Bonchev–Trinajstić information content (AvgIpc) is 2.77. The molecule has 0 saturated carbocycles. The number of rotatable bonds is 5. The summed E-state index contributed by atoms with van der Waals surface area (Å²) < 4.78 is 7.03. The molecule has 0 aromatic heterocycles. The van der Waals surface area contributed by atoms with E-state index in [1.54, 1.807) is 6.07 Å². The molecule has 0 fully saturated rings. The Bertz CT molecular complexity index is 1290. The highest BCUT2D eigenvalue weighted by atomic mass is 127. The van der Waals surface area contributed by atoms with Crippen LogP contribution in [0.15, 0.2) is 84.9 Å². The highest BCUT2D eigenvalue weighted by Gasteiger charge is 2.08. The van der Waals surface area contributed by atoms with Crippen molar-refractivity contribution in [3.63, 3.8) is 0 Å². The highest BCUT2D eigenvalue weighted by molar-refractivity contribution is 14.1. The van der Waals surface area contributed by atoms with Crippen molar-refractivity contribution in [2.45, 2.75) is 6.61 Å². The summed E-state index contributed by atoms with van der Waals surface area (Å²) >= 11 is 8.50. The third-order valence-electron chi connectivity index (χ3n) is 4.76. The molecule has 0 aliphatic rings. The second-order valence-corrected chi connectivity index (χ2v) is 8.38. The van der Waals surface area contributed by atoms with Crippen molar-refractivity contribution in [1.82, 2.24) is 0 Å². The fraction of sp³-hybridized carbons (Fsp3) is 0.0385. The molecule has 0 bridgehead atoms. The highest BCUT2D eigenvalue weighted by Crippen LogP contribution is 2.28. The van der Waals surface area contributed by atoms with Gasteiger partial charge in [-0.25, -0.2) is 0 Å². The van der Waals surface area contributed by atoms with Gasteiger partial charge in [-0.1, -0.05) is 72.3 Å². The summed E-state index contributed by atoms with van der Waals surface area (Å²) in [6, 6.07) is 30.2. The summed E-state index contributed by atoms with van der Waals surface area (Å²) in [6.07, 6.45) is 1.84. The molecular weight excluding hydrogens is 505 g/mol. The molecule has 2 nitrogen and oxygen atoms in total. The molecule has 146 valence electrons. The van der Waals surface area contributed by atoms with Gasteiger partial charge in [0, 0.05) is 10.6 Å². The van der Waals surface area contributed by atoms with Crippen LogP contribution in [-0.2, 0) is 6.61 Å². The lowest BCUT2D eigenvalue weighted by atomic mass is 10.0. The summed E-state index contributed by atoms with van der Waals surface area (Å²) in [4.78, 5) is 0. The molecule has 0 unspecified atom stereocenters. The lowest BCUT2D eigenvalue weighted by Crippen LogP contribution is -1.97. The number of hydrogen-bond acceptors (Lipinski definition) is 2. The number of allylic oxidation sites excluding steroid dienone is 1. The maximum atomic E-state index is 9.57. The van der Waals surface area contributed by atoms with Gasteiger partial charge in [-0.2, -0.15) is 5.26 Å².